The molecule has 6 heteroatoms. The first-order chi connectivity index (χ1) is 20.8. The third-order valence-electron chi connectivity index (χ3n) is 7.51. The van der Waals surface area contributed by atoms with Gasteiger partial charge in [0.05, 0.1) is 11.4 Å². The van der Waals surface area contributed by atoms with Gasteiger partial charge in [-0.15, -0.1) is 0 Å². The average molecular weight is 583 g/mol. The lowest BCUT2D eigenvalue weighted by Crippen LogP contribution is -2.43. The van der Waals surface area contributed by atoms with Crippen molar-refractivity contribution < 1.29 is 9.59 Å². The molecule has 0 saturated carbocycles. The number of hydrogen-bond acceptors (Lipinski definition) is 2. The summed E-state index contributed by atoms with van der Waals surface area (Å²) in [6.07, 6.45) is 0. The third kappa shape index (κ3) is 6.02. The topological polar surface area (TPSA) is 82.3 Å². The highest BCUT2D eigenvalue weighted by Crippen LogP contribution is 2.39. The Kier molecular flexibility index (Phi) is 7.16. The molecule has 0 aliphatic heterocycles. The number of amides is 4. The third-order valence-corrected chi connectivity index (χ3v) is 7.51. The van der Waals surface area contributed by atoms with Gasteiger partial charge in [-0.25, -0.2) is 9.59 Å². The molecular weight excluding hydrogens is 544 g/mol. The number of rotatable bonds is 3. The van der Waals surface area contributed by atoms with E-state index in [-0.39, 0.29) is 23.1 Å². The van der Waals surface area contributed by atoms with Crippen molar-refractivity contribution in [3.63, 3.8) is 0 Å². The standard InChI is InChI=1S/C38H38N4O2/c1-37(2,3)41-35(43)39-33-29-13-9-7-11-25(29)19-27-17-15-23(21-31(27)33)24-16-18-28-20-26-12-8-10-14-30(26)34(32(28)22-24)40-36(44)42-38(4,5)6/h7-22H,1-6H3,(H2,39,41,43)(H2,40,42,44). The van der Waals surface area contributed by atoms with Crippen LogP contribution in [0.25, 0.3) is 54.2 Å². The molecule has 0 atom stereocenters. The minimum absolute atomic E-state index is 0.248. The van der Waals surface area contributed by atoms with E-state index in [1.54, 1.807) is 0 Å². The Morgan fingerprint density at radius 2 is 0.818 bits per heavy atom. The van der Waals surface area contributed by atoms with Crippen LogP contribution in [0, 0.1) is 0 Å². The summed E-state index contributed by atoms with van der Waals surface area (Å²) >= 11 is 0. The van der Waals surface area contributed by atoms with E-state index in [1.165, 1.54) is 0 Å². The van der Waals surface area contributed by atoms with Crippen molar-refractivity contribution in [1.29, 1.82) is 0 Å². The van der Waals surface area contributed by atoms with Gasteiger partial charge < -0.3 is 21.3 Å². The predicted molar refractivity (Wildman–Crippen MR) is 186 cm³/mol. The molecule has 0 aliphatic carbocycles. The summed E-state index contributed by atoms with van der Waals surface area (Å²) in [5, 5.41) is 20.4. The van der Waals surface area contributed by atoms with Crippen molar-refractivity contribution in [2.75, 3.05) is 10.6 Å². The molecule has 0 spiro atoms. The Balaban J connectivity index is 1.51. The maximum atomic E-state index is 13.1. The molecule has 6 rings (SSSR count). The summed E-state index contributed by atoms with van der Waals surface area (Å²) in [5.74, 6) is 0. The number of carbonyl (C=O) groups is 2. The Morgan fingerprint density at radius 3 is 1.20 bits per heavy atom. The van der Waals surface area contributed by atoms with E-state index >= 15 is 0 Å². The van der Waals surface area contributed by atoms with E-state index in [0.717, 1.165) is 65.6 Å². The van der Waals surface area contributed by atoms with E-state index in [0.29, 0.717) is 0 Å². The molecule has 0 bridgehead atoms. The zero-order chi connectivity index (χ0) is 31.2. The zero-order valence-corrected chi connectivity index (χ0v) is 26.1. The fourth-order valence-corrected chi connectivity index (χ4v) is 5.72. The number of anilines is 2. The van der Waals surface area contributed by atoms with Crippen LogP contribution in [0.15, 0.2) is 97.1 Å². The molecule has 4 N–H and O–H groups in total. The minimum atomic E-state index is -0.375. The molecule has 4 amide bonds. The van der Waals surface area contributed by atoms with Crippen LogP contribution in [-0.2, 0) is 0 Å². The highest BCUT2D eigenvalue weighted by molar-refractivity contribution is 6.17. The maximum Gasteiger partial charge on any atom is 0.319 e. The van der Waals surface area contributed by atoms with E-state index in [9.17, 15) is 9.59 Å². The lowest BCUT2D eigenvalue weighted by Gasteiger charge is -2.22. The first-order valence-corrected chi connectivity index (χ1v) is 14.9. The molecule has 0 aliphatic rings. The second kappa shape index (κ2) is 10.9. The molecule has 6 aromatic rings. The molecule has 44 heavy (non-hydrogen) atoms. The van der Waals surface area contributed by atoms with E-state index in [2.05, 4.69) is 81.9 Å². The van der Waals surface area contributed by atoms with Gasteiger partial charge in [0.1, 0.15) is 0 Å². The van der Waals surface area contributed by atoms with Gasteiger partial charge in [-0.3, -0.25) is 0 Å². The van der Waals surface area contributed by atoms with Gasteiger partial charge in [-0.05, 0) is 98.5 Å². The summed E-state index contributed by atoms with van der Waals surface area (Å²) < 4.78 is 0. The zero-order valence-electron chi connectivity index (χ0n) is 26.1. The molecule has 0 saturated heterocycles. The first-order valence-electron chi connectivity index (χ1n) is 14.9. The van der Waals surface area contributed by atoms with Crippen LogP contribution in [0.1, 0.15) is 41.5 Å². The number of urea groups is 2. The van der Waals surface area contributed by atoms with Crippen LogP contribution >= 0.6 is 0 Å². The van der Waals surface area contributed by atoms with Crippen LogP contribution < -0.4 is 21.3 Å². The van der Waals surface area contributed by atoms with Gasteiger partial charge in [0.15, 0.2) is 0 Å². The first kappa shape index (κ1) is 29.0. The lowest BCUT2D eigenvalue weighted by atomic mass is 9.94. The lowest BCUT2D eigenvalue weighted by molar-refractivity contribution is 0.243. The van der Waals surface area contributed by atoms with Crippen LogP contribution in [0.5, 0.6) is 0 Å². The molecule has 0 aromatic heterocycles. The second-order valence-corrected chi connectivity index (χ2v) is 13.5. The fourth-order valence-electron chi connectivity index (χ4n) is 5.72. The number of hydrogen-bond donors (Lipinski definition) is 4. The molecule has 6 nitrogen and oxygen atoms in total. The van der Waals surface area contributed by atoms with Gasteiger partial charge in [0.25, 0.3) is 0 Å². The average Bonchev–Trinajstić information content (AvgIpc) is 2.94. The van der Waals surface area contributed by atoms with Crippen LogP contribution in [0.4, 0.5) is 21.0 Å². The largest absolute Gasteiger partial charge is 0.333 e. The van der Waals surface area contributed by atoms with Crippen LogP contribution in [0.3, 0.4) is 0 Å². The summed E-state index contributed by atoms with van der Waals surface area (Å²) in [5.41, 5.74) is 2.81. The van der Waals surface area contributed by atoms with Crippen molar-refractivity contribution >= 4 is 66.5 Å². The smallest absolute Gasteiger partial charge is 0.319 e. The monoisotopic (exact) mass is 582 g/mol. The van der Waals surface area contributed by atoms with E-state index in [4.69, 9.17) is 0 Å². The normalized spacial score (nSPS) is 12.0. The summed E-state index contributed by atoms with van der Waals surface area (Å²) in [7, 11) is 0. The van der Waals surface area contributed by atoms with Crippen molar-refractivity contribution in [3.05, 3.63) is 97.1 Å². The molecule has 0 radical (unpaired) electrons. The Hall–Kier alpha value is -5.10. The van der Waals surface area contributed by atoms with Crippen molar-refractivity contribution in [1.82, 2.24) is 10.6 Å². The highest BCUT2D eigenvalue weighted by Gasteiger charge is 2.19. The Labute approximate surface area is 257 Å². The quantitative estimate of drug-likeness (QED) is 0.157. The van der Waals surface area contributed by atoms with Crippen molar-refractivity contribution in [2.45, 2.75) is 52.6 Å². The van der Waals surface area contributed by atoms with Crippen LogP contribution in [-0.4, -0.2) is 23.1 Å². The number of nitrogens with one attached hydrogen (secondary N) is 4. The van der Waals surface area contributed by atoms with Crippen molar-refractivity contribution in [3.8, 4) is 11.1 Å². The molecule has 0 heterocycles. The summed E-state index contributed by atoms with van der Waals surface area (Å²) in [6, 6.07) is 32.7. The van der Waals surface area contributed by atoms with Gasteiger partial charge in [-0.1, -0.05) is 72.8 Å². The summed E-state index contributed by atoms with van der Waals surface area (Å²) in [6.45, 7) is 11.8. The maximum absolute atomic E-state index is 13.1. The summed E-state index contributed by atoms with van der Waals surface area (Å²) in [4.78, 5) is 26.1. The van der Waals surface area contributed by atoms with Gasteiger partial charge in [-0.2, -0.15) is 0 Å². The van der Waals surface area contributed by atoms with E-state index < -0.39 is 0 Å². The predicted octanol–water partition coefficient (Wildman–Crippen LogP) is 9.81. The van der Waals surface area contributed by atoms with Crippen molar-refractivity contribution in [2.24, 2.45) is 0 Å². The minimum Gasteiger partial charge on any atom is -0.333 e. The molecule has 0 unspecified atom stereocenters. The molecule has 222 valence electrons. The van der Waals surface area contributed by atoms with Gasteiger partial charge in [0, 0.05) is 32.6 Å². The number of carbonyl (C=O) groups excluding carboxylic acids is 2. The Bertz CT molecular complexity index is 1930. The molecular formula is C38H38N4O2. The highest BCUT2D eigenvalue weighted by atomic mass is 16.2. The van der Waals surface area contributed by atoms with Crippen LogP contribution in [0.2, 0.25) is 0 Å². The second-order valence-electron chi connectivity index (χ2n) is 13.5. The molecule has 6 aromatic carbocycles. The van der Waals surface area contributed by atoms with Gasteiger partial charge >= 0.3 is 12.1 Å². The van der Waals surface area contributed by atoms with Gasteiger partial charge in [0.2, 0.25) is 0 Å². The number of benzene rings is 6. The van der Waals surface area contributed by atoms with E-state index in [1.807, 2.05) is 77.9 Å². The number of fused-ring (bicyclic) bond motifs is 4. The molecule has 0 fully saturated rings. The fraction of sp³-hybridized carbons (Fsp3) is 0.211. The Morgan fingerprint density at radius 1 is 0.455 bits per heavy atom. The SMILES string of the molecule is CC(C)(C)NC(=O)Nc1c2ccccc2cc2ccc(-c3ccc4cc5ccccc5c(NC(=O)NC(C)(C)C)c4c3)cc12.